The molecule has 1 unspecified atom stereocenters. The van der Waals surface area contributed by atoms with Crippen LogP contribution in [-0.2, 0) is 4.79 Å². The maximum Gasteiger partial charge on any atom is 0.244 e. The summed E-state index contributed by atoms with van der Waals surface area (Å²) in [6, 6.07) is 11.9. The molecule has 0 spiro atoms. The predicted octanol–water partition coefficient (Wildman–Crippen LogP) is 4.36. The Labute approximate surface area is 146 Å². The fraction of sp³-hybridized carbons (Fsp3) is 0.111. The average molecular weight is 388 g/mol. The number of aromatic nitrogens is 2. The number of nitrogens with one attached hydrogen (secondary N) is 2. The number of halogens is 2. The van der Waals surface area contributed by atoms with Gasteiger partial charge in [0.05, 0.1) is 17.1 Å². The number of para-hydroxylation sites is 2. The fourth-order valence-electron chi connectivity index (χ4n) is 2.32. The second kappa shape index (κ2) is 6.97. The number of H-pyrrole nitrogens is 1. The topological polar surface area (TPSA) is 57.8 Å². The monoisotopic (exact) mass is 387 g/mol. The first-order chi connectivity index (χ1) is 11.5. The first-order valence-electron chi connectivity index (χ1n) is 7.41. The number of hydrogen-bond acceptors (Lipinski definition) is 2. The highest BCUT2D eigenvalue weighted by atomic mass is 79.9. The Balaban J connectivity index is 1.69. The second-order valence-corrected chi connectivity index (χ2v) is 6.28. The molecule has 122 valence electrons. The summed E-state index contributed by atoms with van der Waals surface area (Å²) < 4.78 is 14.4. The summed E-state index contributed by atoms with van der Waals surface area (Å²) in [7, 11) is 0. The van der Waals surface area contributed by atoms with Crippen LogP contribution in [0.15, 0.2) is 53.0 Å². The Hall–Kier alpha value is -2.47. The van der Waals surface area contributed by atoms with Crippen LogP contribution in [-0.4, -0.2) is 15.9 Å². The molecule has 2 aromatic carbocycles. The van der Waals surface area contributed by atoms with Crippen LogP contribution in [0.1, 0.15) is 24.4 Å². The summed E-state index contributed by atoms with van der Waals surface area (Å²) in [4.78, 5) is 19.7. The third kappa shape index (κ3) is 3.71. The van der Waals surface area contributed by atoms with Gasteiger partial charge in [-0.3, -0.25) is 4.79 Å². The molecule has 0 saturated heterocycles. The van der Waals surface area contributed by atoms with Crippen molar-refractivity contribution in [2.45, 2.75) is 13.0 Å². The second-order valence-electron chi connectivity index (χ2n) is 5.37. The van der Waals surface area contributed by atoms with Crippen LogP contribution in [0.5, 0.6) is 0 Å². The Morgan fingerprint density at radius 2 is 2.12 bits per heavy atom. The van der Waals surface area contributed by atoms with Crippen molar-refractivity contribution in [3.8, 4) is 0 Å². The molecule has 1 amide bonds. The molecule has 1 heterocycles. The number of carbonyl (C=O) groups is 1. The van der Waals surface area contributed by atoms with Gasteiger partial charge in [-0.2, -0.15) is 0 Å². The van der Waals surface area contributed by atoms with Crippen molar-refractivity contribution in [1.82, 2.24) is 15.3 Å². The highest BCUT2D eigenvalue weighted by Crippen LogP contribution is 2.17. The SMILES string of the molecule is CC(NC(=O)/C=C/c1cc(Br)ccc1F)c1nc2ccccc2[nH]1. The molecule has 4 nitrogen and oxygen atoms in total. The quantitative estimate of drug-likeness (QED) is 0.653. The van der Waals surface area contributed by atoms with E-state index >= 15 is 0 Å². The Bertz CT molecular complexity index is 887. The van der Waals surface area contributed by atoms with Crippen LogP contribution in [0.3, 0.4) is 0 Å². The minimum Gasteiger partial charge on any atom is -0.343 e. The molecule has 6 heteroatoms. The van der Waals surface area contributed by atoms with Gasteiger partial charge in [0.15, 0.2) is 0 Å². The van der Waals surface area contributed by atoms with E-state index in [4.69, 9.17) is 0 Å². The molecule has 0 bridgehead atoms. The highest BCUT2D eigenvalue weighted by molar-refractivity contribution is 9.10. The summed E-state index contributed by atoms with van der Waals surface area (Å²) in [6.07, 6.45) is 2.75. The minimum atomic E-state index is -0.382. The van der Waals surface area contributed by atoms with Crippen LogP contribution < -0.4 is 5.32 Å². The van der Waals surface area contributed by atoms with Gasteiger partial charge >= 0.3 is 0 Å². The van der Waals surface area contributed by atoms with E-state index in [-0.39, 0.29) is 17.8 Å². The van der Waals surface area contributed by atoms with Crippen LogP contribution in [0.2, 0.25) is 0 Å². The van der Waals surface area contributed by atoms with Crippen molar-refractivity contribution < 1.29 is 9.18 Å². The molecule has 1 aromatic heterocycles. The first-order valence-corrected chi connectivity index (χ1v) is 8.20. The van der Waals surface area contributed by atoms with Crippen molar-refractivity contribution in [1.29, 1.82) is 0 Å². The molecule has 24 heavy (non-hydrogen) atoms. The largest absolute Gasteiger partial charge is 0.343 e. The third-order valence-electron chi connectivity index (χ3n) is 3.55. The minimum absolute atomic E-state index is 0.290. The standard InChI is InChI=1S/C18H15BrFN3O/c1-11(18-22-15-4-2-3-5-16(15)23-18)21-17(24)9-6-12-10-13(19)7-8-14(12)20/h2-11H,1H3,(H,21,24)(H,22,23)/b9-6+. The van der Waals surface area contributed by atoms with E-state index in [1.54, 1.807) is 12.1 Å². The Kier molecular flexibility index (Phi) is 4.76. The molecule has 0 radical (unpaired) electrons. The van der Waals surface area contributed by atoms with E-state index in [2.05, 4.69) is 31.2 Å². The molecule has 0 aliphatic carbocycles. The zero-order valence-electron chi connectivity index (χ0n) is 12.9. The van der Waals surface area contributed by atoms with Gasteiger partial charge in [-0.1, -0.05) is 28.1 Å². The number of benzene rings is 2. The van der Waals surface area contributed by atoms with Crippen LogP contribution in [0.4, 0.5) is 4.39 Å². The van der Waals surface area contributed by atoms with E-state index in [0.29, 0.717) is 11.4 Å². The summed E-state index contributed by atoms with van der Waals surface area (Å²) in [6.45, 7) is 1.84. The molecule has 0 aliphatic heterocycles. The van der Waals surface area contributed by atoms with E-state index in [1.165, 1.54) is 18.2 Å². The molecule has 3 rings (SSSR count). The lowest BCUT2D eigenvalue weighted by Gasteiger charge is -2.09. The number of amides is 1. The highest BCUT2D eigenvalue weighted by Gasteiger charge is 2.12. The lowest BCUT2D eigenvalue weighted by atomic mass is 10.2. The molecule has 1 atom stereocenters. The Morgan fingerprint density at radius 1 is 1.33 bits per heavy atom. The van der Waals surface area contributed by atoms with Crippen LogP contribution in [0.25, 0.3) is 17.1 Å². The van der Waals surface area contributed by atoms with Gasteiger partial charge < -0.3 is 10.3 Å². The average Bonchev–Trinajstić information content (AvgIpc) is 3.00. The van der Waals surface area contributed by atoms with Gasteiger partial charge in [0.1, 0.15) is 11.6 Å². The molecule has 0 aliphatic rings. The molecular formula is C18H15BrFN3O. The number of fused-ring (bicyclic) bond motifs is 1. The maximum atomic E-state index is 13.6. The number of imidazole rings is 1. The number of aromatic amines is 1. The number of rotatable bonds is 4. The van der Waals surface area contributed by atoms with Crippen molar-refractivity contribution >= 4 is 38.9 Å². The van der Waals surface area contributed by atoms with Crippen LogP contribution in [0, 0.1) is 5.82 Å². The van der Waals surface area contributed by atoms with Crippen molar-refractivity contribution in [2.24, 2.45) is 0 Å². The van der Waals surface area contributed by atoms with Crippen molar-refractivity contribution in [3.05, 3.63) is 70.2 Å². The summed E-state index contributed by atoms with van der Waals surface area (Å²) in [5.74, 6) is -0.0264. The lowest BCUT2D eigenvalue weighted by Crippen LogP contribution is -2.25. The molecule has 2 N–H and O–H groups in total. The number of nitrogens with zero attached hydrogens (tertiary/aromatic N) is 1. The molecule has 0 saturated carbocycles. The number of hydrogen-bond donors (Lipinski definition) is 2. The summed E-state index contributed by atoms with van der Waals surface area (Å²) >= 11 is 3.28. The third-order valence-corrected chi connectivity index (χ3v) is 4.04. The van der Waals surface area contributed by atoms with Crippen LogP contribution >= 0.6 is 15.9 Å². The smallest absolute Gasteiger partial charge is 0.244 e. The zero-order chi connectivity index (χ0) is 17.1. The van der Waals surface area contributed by atoms with Gasteiger partial charge in [-0.05, 0) is 43.3 Å². The van der Waals surface area contributed by atoms with E-state index in [9.17, 15) is 9.18 Å². The maximum absolute atomic E-state index is 13.6. The Morgan fingerprint density at radius 3 is 2.92 bits per heavy atom. The molecule has 0 fully saturated rings. The van der Waals surface area contributed by atoms with Gasteiger partial charge in [0, 0.05) is 16.1 Å². The lowest BCUT2D eigenvalue weighted by molar-refractivity contribution is -0.117. The molecular weight excluding hydrogens is 373 g/mol. The van der Waals surface area contributed by atoms with Gasteiger partial charge in [0.25, 0.3) is 0 Å². The van der Waals surface area contributed by atoms with E-state index in [0.717, 1.165) is 15.5 Å². The molecule has 3 aromatic rings. The van der Waals surface area contributed by atoms with Crippen molar-refractivity contribution in [3.63, 3.8) is 0 Å². The van der Waals surface area contributed by atoms with Gasteiger partial charge in [0.2, 0.25) is 5.91 Å². The fourth-order valence-corrected chi connectivity index (χ4v) is 2.69. The summed E-state index contributed by atoms with van der Waals surface area (Å²) in [5.41, 5.74) is 2.11. The van der Waals surface area contributed by atoms with Crippen molar-refractivity contribution in [2.75, 3.05) is 0 Å². The number of carbonyl (C=O) groups excluding carboxylic acids is 1. The van der Waals surface area contributed by atoms with E-state index in [1.807, 2.05) is 31.2 Å². The van der Waals surface area contributed by atoms with Gasteiger partial charge in [-0.25, -0.2) is 9.37 Å². The predicted molar refractivity (Wildman–Crippen MR) is 95.8 cm³/mol. The zero-order valence-corrected chi connectivity index (χ0v) is 14.5. The summed E-state index contributed by atoms with van der Waals surface area (Å²) in [5, 5.41) is 2.81. The van der Waals surface area contributed by atoms with E-state index < -0.39 is 0 Å². The first kappa shape index (κ1) is 16.4. The van der Waals surface area contributed by atoms with Gasteiger partial charge in [-0.15, -0.1) is 0 Å². The normalized spacial score (nSPS) is 12.6.